The van der Waals surface area contributed by atoms with Crippen LogP contribution in [0.25, 0.3) is 0 Å². The van der Waals surface area contributed by atoms with E-state index < -0.39 is 0 Å². The second-order valence-electron chi connectivity index (χ2n) is 7.99. The van der Waals surface area contributed by atoms with Crippen molar-refractivity contribution in [1.82, 2.24) is 15.2 Å². The predicted molar refractivity (Wildman–Crippen MR) is 127 cm³/mol. The van der Waals surface area contributed by atoms with Gasteiger partial charge in [-0.15, -0.1) is 0 Å². The minimum atomic E-state index is -0.248. The predicted octanol–water partition coefficient (Wildman–Crippen LogP) is 4.58. The van der Waals surface area contributed by atoms with E-state index >= 15 is 0 Å². The van der Waals surface area contributed by atoms with Crippen molar-refractivity contribution in [1.29, 1.82) is 0 Å². The SMILES string of the molecule is O=C(NCCc1ccccc1F)C1CCN(C(=O)c2ccc(Sc3ccccn3)cc2)CC1. The topological polar surface area (TPSA) is 62.3 Å². The van der Waals surface area contributed by atoms with Crippen LogP contribution in [0.5, 0.6) is 0 Å². The molecule has 170 valence electrons. The van der Waals surface area contributed by atoms with Gasteiger partial charge in [0, 0.05) is 42.2 Å². The number of rotatable bonds is 7. The maximum absolute atomic E-state index is 13.7. The zero-order chi connectivity index (χ0) is 23.0. The first kappa shape index (κ1) is 23.0. The number of amides is 2. The Labute approximate surface area is 197 Å². The average Bonchev–Trinajstić information content (AvgIpc) is 2.86. The Morgan fingerprint density at radius 2 is 1.73 bits per heavy atom. The molecule has 33 heavy (non-hydrogen) atoms. The van der Waals surface area contributed by atoms with Crippen LogP contribution in [0.4, 0.5) is 4.39 Å². The van der Waals surface area contributed by atoms with E-state index in [4.69, 9.17) is 0 Å². The van der Waals surface area contributed by atoms with Crippen molar-refractivity contribution in [2.45, 2.75) is 29.2 Å². The first-order chi connectivity index (χ1) is 16.1. The van der Waals surface area contributed by atoms with Crippen LogP contribution in [0.1, 0.15) is 28.8 Å². The van der Waals surface area contributed by atoms with Gasteiger partial charge in [0.25, 0.3) is 5.91 Å². The van der Waals surface area contributed by atoms with Crippen molar-refractivity contribution in [3.63, 3.8) is 0 Å². The molecular formula is C26H26FN3O2S. The Morgan fingerprint density at radius 1 is 1.00 bits per heavy atom. The molecule has 0 saturated carbocycles. The lowest BCUT2D eigenvalue weighted by atomic mass is 9.95. The normalized spacial score (nSPS) is 14.2. The van der Waals surface area contributed by atoms with Gasteiger partial charge in [0.05, 0.1) is 0 Å². The highest BCUT2D eigenvalue weighted by atomic mass is 32.2. The molecule has 0 spiro atoms. The number of benzene rings is 2. The number of nitrogens with one attached hydrogen (secondary N) is 1. The van der Waals surface area contributed by atoms with Gasteiger partial charge in [-0.05, 0) is 67.3 Å². The van der Waals surface area contributed by atoms with E-state index in [2.05, 4.69) is 10.3 Å². The Balaban J connectivity index is 1.23. The zero-order valence-corrected chi connectivity index (χ0v) is 19.1. The summed E-state index contributed by atoms with van der Waals surface area (Å²) in [5, 5.41) is 3.82. The third kappa shape index (κ3) is 6.20. The van der Waals surface area contributed by atoms with Crippen LogP contribution in [0.2, 0.25) is 0 Å². The summed E-state index contributed by atoms with van der Waals surface area (Å²) in [5.41, 5.74) is 1.25. The molecule has 7 heteroatoms. The van der Waals surface area contributed by atoms with E-state index in [0.29, 0.717) is 50.0 Å². The highest BCUT2D eigenvalue weighted by molar-refractivity contribution is 7.99. The number of halogens is 1. The van der Waals surface area contributed by atoms with Gasteiger partial charge in [0.1, 0.15) is 10.8 Å². The van der Waals surface area contributed by atoms with Gasteiger partial charge in [-0.2, -0.15) is 0 Å². The lowest BCUT2D eigenvalue weighted by Crippen LogP contribution is -2.43. The number of hydrogen-bond donors (Lipinski definition) is 1. The summed E-state index contributed by atoms with van der Waals surface area (Å²) in [4.78, 5) is 32.5. The summed E-state index contributed by atoms with van der Waals surface area (Å²) in [6.07, 6.45) is 3.48. The molecule has 0 atom stereocenters. The minimum Gasteiger partial charge on any atom is -0.356 e. The van der Waals surface area contributed by atoms with Gasteiger partial charge >= 0.3 is 0 Å². The van der Waals surface area contributed by atoms with E-state index in [1.54, 1.807) is 36.2 Å². The maximum Gasteiger partial charge on any atom is 0.253 e. The molecule has 2 aromatic carbocycles. The largest absolute Gasteiger partial charge is 0.356 e. The summed E-state index contributed by atoms with van der Waals surface area (Å²) in [6.45, 7) is 1.51. The van der Waals surface area contributed by atoms with Crippen LogP contribution in [0.3, 0.4) is 0 Å². The Morgan fingerprint density at radius 3 is 2.42 bits per heavy atom. The highest BCUT2D eigenvalue weighted by Crippen LogP contribution is 2.26. The van der Waals surface area contributed by atoms with Crippen LogP contribution < -0.4 is 5.32 Å². The van der Waals surface area contributed by atoms with E-state index in [9.17, 15) is 14.0 Å². The second kappa shape index (κ2) is 11.1. The Hall–Kier alpha value is -3.19. The molecule has 1 aliphatic heterocycles. The fraction of sp³-hybridized carbons (Fsp3) is 0.269. The number of piperidine rings is 1. The summed E-state index contributed by atoms with van der Waals surface area (Å²) in [7, 11) is 0. The smallest absolute Gasteiger partial charge is 0.253 e. The molecule has 1 N–H and O–H groups in total. The third-order valence-electron chi connectivity index (χ3n) is 5.77. The number of likely N-dealkylation sites (tertiary alicyclic amines) is 1. The first-order valence-electron chi connectivity index (χ1n) is 11.1. The highest BCUT2D eigenvalue weighted by Gasteiger charge is 2.27. The molecule has 1 saturated heterocycles. The molecule has 0 unspecified atom stereocenters. The number of pyridine rings is 1. The molecule has 1 aliphatic rings. The molecule has 1 fully saturated rings. The molecule has 3 aromatic rings. The lowest BCUT2D eigenvalue weighted by molar-refractivity contribution is -0.126. The molecule has 0 aliphatic carbocycles. The molecule has 2 heterocycles. The molecular weight excluding hydrogens is 437 g/mol. The second-order valence-corrected chi connectivity index (χ2v) is 9.09. The van der Waals surface area contributed by atoms with Gasteiger partial charge in [-0.25, -0.2) is 9.37 Å². The lowest BCUT2D eigenvalue weighted by Gasteiger charge is -2.31. The van der Waals surface area contributed by atoms with Gasteiger partial charge in [-0.1, -0.05) is 36.0 Å². The number of carbonyl (C=O) groups excluding carboxylic acids is 2. The van der Waals surface area contributed by atoms with Crippen molar-refractivity contribution in [2.24, 2.45) is 5.92 Å². The van der Waals surface area contributed by atoms with Crippen LogP contribution >= 0.6 is 11.8 Å². The van der Waals surface area contributed by atoms with E-state index in [1.165, 1.54) is 6.07 Å². The minimum absolute atomic E-state index is 0.0113. The zero-order valence-electron chi connectivity index (χ0n) is 18.2. The average molecular weight is 464 g/mol. The van der Waals surface area contributed by atoms with Gasteiger partial charge in [-0.3, -0.25) is 9.59 Å². The maximum atomic E-state index is 13.7. The van der Waals surface area contributed by atoms with Crippen LogP contribution in [0, 0.1) is 11.7 Å². The molecule has 0 bridgehead atoms. The summed E-state index contributed by atoms with van der Waals surface area (Å²) in [5.74, 6) is -0.397. The molecule has 2 amide bonds. The van der Waals surface area contributed by atoms with Crippen molar-refractivity contribution in [3.8, 4) is 0 Å². The van der Waals surface area contributed by atoms with E-state index in [-0.39, 0.29) is 23.5 Å². The Kier molecular flexibility index (Phi) is 7.73. The molecule has 0 radical (unpaired) electrons. The number of aromatic nitrogens is 1. The standard InChI is InChI=1S/C26H26FN3O2S/c27-23-6-2-1-5-19(23)12-16-29-25(31)20-13-17-30(18-14-20)26(32)21-8-10-22(11-9-21)33-24-7-3-4-15-28-24/h1-11,15,20H,12-14,16-18H2,(H,29,31). The number of carbonyl (C=O) groups is 2. The quantitative estimate of drug-likeness (QED) is 0.557. The Bertz CT molecular complexity index is 1080. The van der Waals surface area contributed by atoms with Gasteiger partial charge in [0.2, 0.25) is 5.91 Å². The van der Waals surface area contributed by atoms with Crippen molar-refractivity contribution < 1.29 is 14.0 Å². The summed E-state index contributed by atoms with van der Waals surface area (Å²) >= 11 is 1.55. The van der Waals surface area contributed by atoms with Crippen molar-refractivity contribution in [3.05, 3.63) is 89.9 Å². The van der Waals surface area contributed by atoms with E-state index in [1.807, 2.05) is 47.4 Å². The van der Waals surface area contributed by atoms with Crippen LogP contribution in [-0.2, 0) is 11.2 Å². The monoisotopic (exact) mass is 463 g/mol. The fourth-order valence-electron chi connectivity index (χ4n) is 3.89. The van der Waals surface area contributed by atoms with Crippen molar-refractivity contribution in [2.75, 3.05) is 19.6 Å². The number of hydrogen-bond acceptors (Lipinski definition) is 4. The fourth-order valence-corrected chi connectivity index (χ4v) is 4.66. The number of nitrogens with zero attached hydrogens (tertiary/aromatic N) is 2. The van der Waals surface area contributed by atoms with Gasteiger partial charge < -0.3 is 10.2 Å². The molecule has 1 aromatic heterocycles. The molecule has 4 rings (SSSR count). The summed E-state index contributed by atoms with van der Waals surface area (Å²) < 4.78 is 13.7. The molecule has 5 nitrogen and oxygen atoms in total. The summed E-state index contributed by atoms with van der Waals surface area (Å²) in [6, 6.07) is 19.9. The first-order valence-corrected chi connectivity index (χ1v) is 11.9. The van der Waals surface area contributed by atoms with Crippen LogP contribution in [-0.4, -0.2) is 41.3 Å². The van der Waals surface area contributed by atoms with E-state index in [0.717, 1.165) is 9.92 Å². The van der Waals surface area contributed by atoms with Crippen LogP contribution in [0.15, 0.2) is 82.8 Å². The third-order valence-corrected chi connectivity index (χ3v) is 6.72. The van der Waals surface area contributed by atoms with Gasteiger partial charge in [0.15, 0.2) is 0 Å². The van der Waals surface area contributed by atoms with Crippen molar-refractivity contribution >= 4 is 23.6 Å².